The molecule has 0 aliphatic carbocycles. The van der Waals surface area contributed by atoms with Crippen LogP contribution in [0.15, 0.2) is 4.99 Å². The molecule has 3 saturated heterocycles. The van der Waals surface area contributed by atoms with Crippen molar-refractivity contribution in [3.8, 4) is 0 Å². The number of fused-ring (bicyclic) bond motifs is 1. The summed E-state index contributed by atoms with van der Waals surface area (Å²) in [7, 11) is 0. The Bertz CT molecular complexity index is 535. The quantitative estimate of drug-likeness (QED) is 0.248. The molecular formula is C16H24ClN3O3S. The number of β-lactam (4-membered cyclic amide) rings is 1. The van der Waals surface area contributed by atoms with E-state index in [0.717, 1.165) is 13.1 Å². The number of carbonyl (C=O) groups excluding carboxylic acids is 2. The Hall–Kier alpha value is -0.950. The van der Waals surface area contributed by atoms with Crippen molar-refractivity contribution in [2.24, 2.45) is 4.99 Å². The first-order valence-corrected chi connectivity index (χ1v) is 9.87. The van der Waals surface area contributed by atoms with E-state index >= 15 is 0 Å². The van der Waals surface area contributed by atoms with Crippen LogP contribution in [0.25, 0.3) is 0 Å². The second-order valence-corrected chi connectivity index (χ2v) is 8.98. The third-order valence-corrected chi connectivity index (χ3v) is 6.53. The lowest BCUT2D eigenvalue weighted by Crippen LogP contribution is -2.65. The third-order valence-electron chi connectivity index (χ3n) is 4.86. The summed E-state index contributed by atoms with van der Waals surface area (Å²) in [6, 6.07) is -1.19. The van der Waals surface area contributed by atoms with Gasteiger partial charge in [-0.25, -0.2) is 4.79 Å². The van der Waals surface area contributed by atoms with Gasteiger partial charge in [-0.1, -0.05) is 24.4 Å². The average molecular weight is 374 g/mol. The number of esters is 1. The monoisotopic (exact) mass is 373 g/mol. The van der Waals surface area contributed by atoms with E-state index in [0.29, 0.717) is 0 Å². The van der Waals surface area contributed by atoms with Gasteiger partial charge in [-0.15, -0.1) is 11.8 Å². The highest BCUT2D eigenvalue weighted by atomic mass is 35.5. The highest BCUT2D eigenvalue weighted by Crippen LogP contribution is 2.51. The summed E-state index contributed by atoms with van der Waals surface area (Å²) in [6.45, 7) is 5.92. The van der Waals surface area contributed by atoms with Crippen LogP contribution in [0.3, 0.4) is 0 Å². The van der Waals surface area contributed by atoms with Crippen LogP contribution in [0.1, 0.15) is 39.5 Å². The number of nitrogens with zero attached hydrogens (tertiary/aromatic N) is 3. The maximum atomic E-state index is 12.5. The normalized spacial score (nSPS) is 32.5. The molecule has 0 aromatic heterocycles. The second kappa shape index (κ2) is 7.12. The number of hydrogen-bond donors (Lipinski definition) is 0. The first-order valence-electron chi connectivity index (χ1n) is 8.45. The highest BCUT2D eigenvalue weighted by molar-refractivity contribution is 8.01. The van der Waals surface area contributed by atoms with Crippen LogP contribution < -0.4 is 0 Å². The maximum absolute atomic E-state index is 12.5. The minimum Gasteiger partial charge on any atom is -0.448 e. The number of hydrogen-bond acceptors (Lipinski definition) is 5. The van der Waals surface area contributed by atoms with Crippen molar-refractivity contribution in [3.05, 3.63) is 0 Å². The molecule has 1 unspecified atom stereocenters. The summed E-state index contributed by atoms with van der Waals surface area (Å²) >= 11 is 7.11. The van der Waals surface area contributed by atoms with Gasteiger partial charge in [0, 0.05) is 17.8 Å². The molecule has 3 atom stereocenters. The fourth-order valence-electron chi connectivity index (χ4n) is 3.62. The molecule has 24 heavy (non-hydrogen) atoms. The second-order valence-electron chi connectivity index (χ2n) is 6.99. The zero-order valence-electron chi connectivity index (χ0n) is 14.1. The lowest BCUT2D eigenvalue weighted by Gasteiger charge is -2.41. The topological polar surface area (TPSA) is 62.2 Å². The smallest absolute Gasteiger partial charge is 0.331 e. The molecule has 0 bridgehead atoms. The van der Waals surface area contributed by atoms with Crippen LogP contribution in [0.2, 0.25) is 0 Å². The molecule has 3 aliphatic heterocycles. The Morgan fingerprint density at radius 1 is 1.38 bits per heavy atom. The number of alkyl halides is 1. The number of rotatable bonds is 4. The van der Waals surface area contributed by atoms with Gasteiger partial charge in [0.1, 0.15) is 11.4 Å². The third kappa shape index (κ3) is 3.25. The minimum absolute atomic E-state index is 0.0939. The van der Waals surface area contributed by atoms with Crippen molar-refractivity contribution in [2.45, 2.75) is 61.7 Å². The van der Waals surface area contributed by atoms with Gasteiger partial charge in [0.05, 0.1) is 6.34 Å². The Balaban J connectivity index is 1.67. The molecule has 3 heterocycles. The molecule has 1 amide bonds. The zero-order chi connectivity index (χ0) is 17.3. The number of likely N-dealkylation sites (tertiary alicyclic amines) is 1. The molecule has 8 heteroatoms. The first kappa shape index (κ1) is 17.9. The maximum Gasteiger partial charge on any atom is 0.331 e. The van der Waals surface area contributed by atoms with Gasteiger partial charge in [0.2, 0.25) is 0 Å². The molecule has 0 radical (unpaired) electrons. The molecule has 134 valence electrons. The van der Waals surface area contributed by atoms with Crippen LogP contribution >= 0.6 is 23.4 Å². The Kier molecular flexibility index (Phi) is 5.30. The van der Waals surface area contributed by atoms with Gasteiger partial charge >= 0.3 is 5.97 Å². The Labute approximate surface area is 151 Å². The molecule has 0 N–H and O–H groups in total. The van der Waals surface area contributed by atoms with Gasteiger partial charge < -0.3 is 14.5 Å². The van der Waals surface area contributed by atoms with Crippen molar-refractivity contribution in [1.82, 2.24) is 9.80 Å². The fourth-order valence-corrected chi connectivity index (χ4v) is 5.34. The van der Waals surface area contributed by atoms with E-state index in [4.69, 9.17) is 16.3 Å². The molecule has 0 aromatic carbocycles. The van der Waals surface area contributed by atoms with Crippen molar-refractivity contribution in [2.75, 3.05) is 19.2 Å². The predicted octanol–water partition coefficient (Wildman–Crippen LogP) is 2.06. The highest BCUT2D eigenvalue weighted by Gasteiger charge is 2.64. The number of ether oxygens (including phenoxy) is 1. The van der Waals surface area contributed by atoms with Gasteiger partial charge in [0.25, 0.3) is 5.91 Å². The van der Waals surface area contributed by atoms with Gasteiger partial charge in [-0.2, -0.15) is 0 Å². The summed E-state index contributed by atoms with van der Waals surface area (Å²) in [5.74, 6) is -0.533. The predicted molar refractivity (Wildman–Crippen MR) is 95.2 cm³/mol. The van der Waals surface area contributed by atoms with E-state index in [1.807, 2.05) is 20.2 Å². The van der Waals surface area contributed by atoms with Crippen molar-refractivity contribution < 1.29 is 14.3 Å². The SMILES string of the molecule is CC1(C)S[C@@H]2C(/N=C/N3CCCCCC3)C(=O)N2[C@H]1C(=O)OCCl. The van der Waals surface area contributed by atoms with Crippen LogP contribution in [-0.4, -0.2) is 69.4 Å². The van der Waals surface area contributed by atoms with E-state index < -0.39 is 22.8 Å². The van der Waals surface area contributed by atoms with Crippen molar-refractivity contribution >= 4 is 41.6 Å². The molecule has 0 spiro atoms. The first-order chi connectivity index (χ1) is 11.5. The number of thioether (sulfide) groups is 1. The standard InChI is InChI=1S/C16H24ClN3O3S/c1-16(2)12(15(22)23-9-17)20-13(21)11(14(20)24-16)18-10-19-7-5-3-4-6-8-19/h10-12,14H,3-9H2,1-2H3/b18-10+/t11?,12-,14+/m0/s1. The summed E-state index contributed by atoms with van der Waals surface area (Å²) in [4.78, 5) is 33.1. The van der Waals surface area contributed by atoms with Crippen LogP contribution in [0.4, 0.5) is 0 Å². The molecule has 3 aliphatic rings. The number of aliphatic imine (C=N–C) groups is 1. The fraction of sp³-hybridized carbons (Fsp3) is 0.812. The van der Waals surface area contributed by atoms with Gasteiger partial charge in [-0.05, 0) is 26.7 Å². The van der Waals surface area contributed by atoms with Crippen LogP contribution in [0, 0.1) is 0 Å². The largest absolute Gasteiger partial charge is 0.448 e. The lowest BCUT2D eigenvalue weighted by molar-refractivity contribution is -0.161. The molecular weight excluding hydrogens is 350 g/mol. The minimum atomic E-state index is -0.594. The number of amides is 1. The summed E-state index contributed by atoms with van der Waals surface area (Å²) < 4.78 is 4.53. The number of carbonyl (C=O) groups is 2. The number of halogens is 1. The summed E-state index contributed by atoms with van der Waals surface area (Å²) in [6.07, 6.45) is 6.71. The van der Waals surface area contributed by atoms with Gasteiger partial charge in [-0.3, -0.25) is 9.79 Å². The molecule has 3 fully saturated rings. The zero-order valence-corrected chi connectivity index (χ0v) is 15.7. The van der Waals surface area contributed by atoms with Crippen molar-refractivity contribution in [3.63, 3.8) is 0 Å². The van der Waals surface area contributed by atoms with E-state index in [1.54, 1.807) is 16.7 Å². The molecule has 0 saturated carbocycles. The lowest BCUT2D eigenvalue weighted by atomic mass is 9.96. The molecule has 6 nitrogen and oxygen atoms in total. The van der Waals surface area contributed by atoms with E-state index in [-0.39, 0.29) is 17.3 Å². The van der Waals surface area contributed by atoms with E-state index in [9.17, 15) is 9.59 Å². The van der Waals surface area contributed by atoms with Crippen LogP contribution in [0.5, 0.6) is 0 Å². The average Bonchev–Trinajstić information content (AvgIpc) is 2.69. The van der Waals surface area contributed by atoms with E-state index in [1.165, 1.54) is 25.7 Å². The van der Waals surface area contributed by atoms with Gasteiger partial charge in [0.15, 0.2) is 12.1 Å². The summed E-state index contributed by atoms with van der Waals surface area (Å²) in [5.41, 5.74) is 0. The molecule has 0 aromatic rings. The van der Waals surface area contributed by atoms with Crippen LogP contribution in [-0.2, 0) is 14.3 Å². The molecule has 3 rings (SSSR count). The Morgan fingerprint density at radius 2 is 2.04 bits per heavy atom. The summed E-state index contributed by atoms with van der Waals surface area (Å²) in [5, 5.41) is -0.0939. The van der Waals surface area contributed by atoms with Crippen molar-refractivity contribution in [1.29, 1.82) is 0 Å². The van der Waals surface area contributed by atoms with E-state index in [2.05, 4.69) is 9.89 Å². The Morgan fingerprint density at radius 3 is 2.67 bits per heavy atom.